The normalized spacial score (nSPS) is 3.75. The molecule has 4 heavy (non-hydrogen) atoms. The van der Waals surface area contributed by atoms with Crippen LogP contribution in [-0.4, -0.2) is 27.5 Å². The van der Waals surface area contributed by atoms with Crippen molar-refractivity contribution in [3.8, 4) is 0 Å². The van der Waals surface area contributed by atoms with Gasteiger partial charge in [0.15, 0.2) is 0 Å². The Kier molecular flexibility index (Phi) is 1700. The summed E-state index contributed by atoms with van der Waals surface area (Å²) in [6.45, 7) is 0. The number of rotatable bonds is 0. The summed E-state index contributed by atoms with van der Waals surface area (Å²) in [5, 5.41) is 7.00. The Morgan fingerprint density at radius 3 is 1.25 bits per heavy atom. The summed E-state index contributed by atoms with van der Waals surface area (Å²) >= 11 is 0. The monoisotopic (exact) mass is 80.0 g/mol. The first-order valence-corrected chi connectivity index (χ1v) is 1.79. The summed E-state index contributed by atoms with van der Waals surface area (Å²) in [6, 6.07) is 0. The van der Waals surface area contributed by atoms with Crippen LogP contribution in [0, 0.1) is 0 Å². The molecule has 0 aromatic rings. The quantitative estimate of drug-likeness (QED) is 0.326. The van der Waals surface area contributed by atoms with Gasteiger partial charge in [-0.25, -0.2) is 0 Å². The lowest BCUT2D eigenvalue weighted by Crippen LogP contribution is -1.34. The van der Waals surface area contributed by atoms with Gasteiger partial charge in [-0.2, -0.15) is 0 Å². The first kappa shape index (κ1) is 8.91. The predicted octanol–water partition coefficient (Wildman–Crippen LogP) is -2.13. The molecule has 0 aliphatic heterocycles. The number of aliphatic hydroxyl groups is 1. The Hall–Kier alpha value is 0.137. The lowest BCUT2D eigenvalue weighted by Gasteiger charge is -1.21. The third-order valence-corrected chi connectivity index (χ3v) is 0. The van der Waals surface area contributed by atoms with E-state index < -0.39 is 0 Å². The van der Waals surface area contributed by atoms with Gasteiger partial charge in [0.2, 0.25) is 0 Å². The lowest BCUT2D eigenvalue weighted by molar-refractivity contribution is 0.399. The van der Waals surface area contributed by atoms with Gasteiger partial charge in [0.25, 0.3) is 0 Å². The summed E-state index contributed by atoms with van der Waals surface area (Å²) in [5.74, 6) is 0. The molecule has 0 fully saturated rings. The first-order chi connectivity index (χ1) is 2.00. The zero-order chi connectivity index (χ0) is 4.00. The molecule has 2 N–H and O–H groups in total. The summed E-state index contributed by atoms with van der Waals surface area (Å²) in [7, 11) is 1.31. The third-order valence-electron chi connectivity index (χ3n) is 0. The maximum atomic E-state index is 7.14. The van der Waals surface area contributed by atoms with Crippen molar-refractivity contribution in [2.45, 2.75) is 0 Å². The fourth-order valence-corrected chi connectivity index (χ4v) is 0. The van der Waals surface area contributed by atoms with Crippen LogP contribution >= 0.6 is 0 Å². The van der Waals surface area contributed by atoms with E-state index >= 15 is 0 Å². The summed E-state index contributed by atoms with van der Waals surface area (Å²) in [6.07, 6.45) is 0. The van der Waals surface area contributed by atoms with Gasteiger partial charge in [0.1, 0.15) is 10.5 Å². The lowest BCUT2D eigenvalue weighted by atomic mass is 11.8. The number of hydrogen-bond donors (Lipinski definition) is 2. The Morgan fingerprint density at radius 1 is 1.25 bits per heavy atom. The van der Waals surface area contributed by atoms with Gasteiger partial charge in [-0.1, -0.05) is 0 Å². The van der Waals surface area contributed by atoms with E-state index in [0.29, 0.717) is 10.5 Å². The average Bonchev–Trinajstić information content (AvgIpc) is 1.50. The van der Waals surface area contributed by atoms with Gasteiger partial charge in [-0.3, -0.25) is 0 Å². The molecule has 0 unspecified atom stereocenters. The van der Waals surface area contributed by atoms with Crippen LogP contribution in [-0.2, 0) is 0 Å². The minimum absolute atomic E-state index is 0.306. The van der Waals surface area contributed by atoms with Crippen molar-refractivity contribution < 1.29 is 9.90 Å². The molecule has 0 amide bonds. The fraction of sp³-hybridized carbons (Fsp3) is 1.00. The van der Waals surface area contributed by atoms with Gasteiger partial charge < -0.3 is 9.90 Å². The molecule has 3 heteroatoms. The standard InChI is InChI=1S/CH4O.H4OSi/c2*1-2/h2H,1H3;1H,2H3. The highest BCUT2D eigenvalue weighted by atomic mass is 28.2. The Labute approximate surface area is 28.6 Å². The van der Waals surface area contributed by atoms with Crippen LogP contribution in [0.15, 0.2) is 0 Å². The molecule has 0 atom stereocenters. The van der Waals surface area contributed by atoms with Crippen LogP contribution in [0.1, 0.15) is 0 Å². The van der Waals surface area contributed by atoms with E-state index in [1.807, 2.05) is 0 Å². The molecule has 28 valence electrons. The Morgan fingerprint density at radius 2 is 1.25 bits per heavy atom. The molecule has 0 aromatic heterocycles. The van der Waals surface area contributed by atoms with Crippen LogP contribution in [0.2, 0.25) is 0 Å². The van der Waals surface area contributed by atoms with E-state index in [9.17, 15) is 0 Å². The van der Waals surface area contributed by atoms with E-state index in [-0.39, 0.29) is 0 Å². The molecule has 0 rings (SSSR count). The average molecular weight is 80.2 g/mol. The van der Waals surface area contributed by atoms with Crippen molar-refractivity contribution in [3.63, 3.8) is 0 Å². The molecule has 0 aliphatic rings. The van der Waals surface area contributed by atoms with Crippen molar-refractivity contribution >= 4 is 10.5 Å². The van der Waals surface area contributed by atoms with Crippen LogP contribution in [0.5, 0.6) is 0 Å². The molecular weight excluding hydrogens is 72.1 g/mol. The van der Waals surface area contributed by atoms with Crippen molar-refractivity contribution in [2.75, 3.05) is 7.11 Å². The molecule has 2 nitrogen and oxygen atoms in total. The second-order valence-corrected chi connectivity index (χ2v) is 0. The van der Waals surface area contributed by atoms with Crippen LogP contribution in [0.4, 0.5) is 0 Å². The van der Waals surface area contributed by atoms with Gasteiger partial charge in [-0.05, 0) is 0 Å². The molecule has 0 aliphatic carbocycles. The maximum absolute atomic E-state index is 7.14. The highest BCUT2D eigenvalue weighted by molar-refractivity contribution is 5.95. The molecule has 0 heterocycles. The Bertz CT molecular complexity index is 6.00. The minimum Gasteiger partial charge on any atom is -0.442 e. The molecule has 0 aromatic carbocycles. The van der Waals surface area contributed by atoms with Gasteiger partial charge in [0.05, 0.1) is 0 Å². The Balaban J connectivity index is 0. The van der Waals surface area contributed by atoms with Crippen molar-refractivity contribution in [2.24, 2.45) is 0 Å². The molecule has 0 saturated carbocycles. The second-order valence-electron chi connectivity index (χ2n) is 0. The largest absolute Gasteiger partial charge is 0.442 e. The smallest absolute Gasteiger partial charge is 0.141 e. The molecular formula is CH8O2Si. The van der Waals surface area contributed by atoms with Gasteiger partial charge in [-0.15, -0.1) is 0 Å². The van der Waals surface area contributed by atoms with Crippen LogP contribution in [0.3, 0.4) is 0 Å². The van der Waals surface area contributed by atoms with Crippen LogP contribution < -0.4 is 0 Å². The fourth-order valence-electron chi connectivity index (χ4n) is 0. The third kappa shape index (κ3) is 147. The zero-order valence-corrected chi connectivity index (χ0v) is 4.89. The predicted molar refractivity (Wildman–Crippen MR) is 20.3 cm³/mol. The topological polar surface area (TPSA) is 40.5 Å². The molecule has 0 bridgehead atoms. The summed E-state index contributed by atoms with van der Waals surface area (Å²) in [4.78, 5) is 7.14. The van der Waals surface area contributed by atoms with Gasteiger partial charge in [0, 0.05) is 7.11 Å². The molecule has 0 radical (unpaired) electrons. The van der Waals surface area contributed by atoms with Crippen molar-refractivity contribution in [1.82, 2.24) is 0 Å². The first-order valence-electron chi connectivity index (χ1n) is 0.894. The van der Waals surface area contributed by atoms with Crippen LogP contribution in [0.25, 0.3) is 0 Å². The molecule has 0 saturated heterocycles. The van der Waals surface area contributed by atoms with Crippen molar-refractivity contribution in [3.05, 3.63) is 0 Å². The van der Waals surface area contributed by atoms with E-state index in [4.69, 9.17) is 9.90 Å². The zero-order valence-electron chi connectivity index (χ0n) is 2.89. The second kappa shape index (κ2) is 764. The SMILES string of the molecule is CO.O[SiH3]. The molecule has 0 spiro atoms. The van der Waals surface area contributed by atoms with Crippen molar-refractivity contribution in [1.29, 1.82) is 0 Å². The number of aliphatic hydroxyl groups excluding tert-OH is 1. The van der Waals surface area contributed by atoms with E-state index in [0.717, 1.165) is 7.11 Å². The van der Waals surface area contributed by atoms with Gasteiger partial charge >= 0.3 is 0 Å². The highest BCUT2D eigenvalue weighted by Gasteiger charge is 0.891. The summed E-state index contributed by atoms with van der Waals surface area (Å²) < 4.78 is 0. The van der Waals surface area contributed by atoms with E-state index in [1.54, 1.807) is 0 Å². The number of hydrogen-bond acceptors (Lipinski definition) is 2. The highest BCUT2D eigenvalue weighted by Crippen LogP contribution is 0.755. The maximum Gasteiger partial charge on any atom is 0.141 e. The minimum atomic E-state index is 0.306. The summed E-state index contributed by atoms with van der Waals surface area (Å²) in [5.41, 5.74) is 0. The van der Waals surface area contributed by atoms with E-state index in [1.165, 1.54) is 0 Å². The van der Waals surface area contributed by atoms with E-state index in [2.05, 4.69) is 0 Å².